The summed E-state index contributed by atoms with van der Waals surface area (Å²) >= 11 is 3.22. The molecule has 2 amide bonds. The number of carbonyl (C=O) groups excluding carboxylic acids is 1. The number of aliphatic hydroxyl groups excluding tert-OH is 1. The molecule has 0 aliphatic carbocycles. The van der Waals surface area contributed by atoms with Crippen molar-refractivity contribution in [2.45, 2.75) is 12.6 Å². The highest BCUT2D eigenvalue weighted by atomic mass is 79.9. The summed E-state index contributed by atoms with van der Waals surface area (Å²) in [5.41, 5.74) is 0.510. The van der Waals surface area contributed by atoms with E-state index in [0.717, 1.165) is 0 Å². The second kappa shape index (κ2) is 8.22. The highest BCUT2D eigenvalue weighted by molar-refractivity contribution is 9.10. The Morgan fingerprint density at radius 1 is 1.46 bits per heavy atom. The number of aliphatic hydroxyl groups is 1. The lowest BCUT2D eigenvalue weighted by Crippen LogP contribution is -2.29. The molecule has 0 spiro atoms. The van der Waals surface area contributed by atoms with Crippen LogP contribution in [0.5, 0.6) is 0 Å². The minimum Gasteiger partial charge on any atom is -0.390 e. The highest BCUT2D eigenvalue weighted by Gasteiger charge is 2.11. The summed E-state index contributed by atoms with van der Waals surface area (Å²) in [4.78, 5) is 13.8. The van der Waals surface area contributed by atoms with Gasteiger partial charge in [-0.15, -0.1) is 0 Å². The van der Waals surface area contributed by atoms with Crippen LogP contribution in [0.1, 0.15) is 0 Å². The van der Waals surface area contributed by atoms with Gasteiger partial charge in [0, 0.05) is 17.2 Å². The van der Waals surface area contributed by atoms with Crippen LogP contribution in [0, 0.1) is 5.82 Å². The first kappa shape index (κ1) is 18.4. The fourth-order valence-corrected chi connectivity index (χ4v) is 2.46. The molecule has 0 bridgehead atoms. The van der Waals surface area contributed by atoms with E-state index in [2.05, 4.69) is 31.7 Å². The van der Waals surface area contributed by atoms with Crippen molar-refractivity contribution < 1.29 is 14.3 Å². The molecule has 0 saturated carbocycles. The Balaban J connectivity index is 1.92. The van der Waals surface area contributed by atoms with Gasteiger partial charge in [0.05, 0.1) is 30.2 Å². The molecule has 0 saturated heterocycles. The molecule has 0 radical (unpaired) electrons. The third kappa shape index (κ3) is 5.59. The van der Waals surface area contributed by atoms with Crippen LogP contribution in [-0.2, 0) is 6.54 Å². The first-order valence-electron chi connectivity index (χ1n) is 7.22. The first-order valence-corrected chi connectivity index (χ1v) is 8.01. The van der Waals surface area contributed by atoms with Gasteiger partial charge < -0.3 is 20.6 Å². The number of hydrogen-bond donors (Lipinski definition) is 3. The Morgan fingerprint density at radius 3 is 2.92 bits per heavy atom. The van der Waals surface area contributed by atoms with Gasteiger partial charge in [0.25, 0.3) is 0 Å². The average Bonchev–Trinajstić information content (AvgIpc) is 2.88. The quantitative estimate of drug-likeness (QED) is 0.696. The summed E-state index contributed by atoms with van der Waals surface area (Å²) in [7, 11) is 3.73. The van der Waals surface area contributed by atoms with Gasteiger partial charge in [0.15, 0.2) is 0 Å². The van der Waals surface area contributed by atoms with E-state index in [-0.39, 0.29) is 5.69 Å². The number of nitrogens with one attached hydrogen (secondary N) is 2. The summed E-state index contributed by atoms with van der Waals surface area (Å²) in [6.07, 6.45) is 2.48. The van der Waals surface area contributed by atoms with Crippen molar-refractivity contribution in [3.8, 4) is 0 Å². The Bertz CT molecular complexity index is 707. The van der Waals surface area contributed by atoms with Crippen LogP contribution < -0.4 is 10.6 Å². The van der Waals surface area contributed by atoms with Crippen LogP contribution in [0.3, 0.4) is 0 Å². The largest absolute Gasteiger partial charge is 0.390 e. The van der Waals surface area contributed by atoms with Crippen molar-refractivity contribution in [1.29, 1.82) is 0 Å². The third-order valence-corrected chi connectivity index (χ3v) is 3.53. The van der Waals surface area contributed by atoms with Crippen LogP contribution in [0.4, 0.5) is 20.6 Å². The van der Waals surface area contributed by atoms with Crippen LogP contribution in [0.2, 0.25) is 0 Å². The number of nitrogens with zero attached hydrogens (tertiary/aromatic N) is 3. The van der Waals surface area contributed by atoms with Gasteiger partial charge in [-0.1, -0.05) is 15.9 Å². The molecule has 7 nitrogen and oxygen atoms in total. The lowest BCUT2D eigenvalue weighted by atomic mass is 10.3. The molecular formula is C15H19BrFN5O2. The number of amides is 2. The van der Waals surface area contributed by atoms with Gasteiger partial charge in [-0.3, -0.25) is 4.68 Å². The zero-order chi connectivity index (χ0) is 17.7. The Hall–Kier alpha value is -1.97. The summed E-state index contributed by atoms with van der Waals surface area (Å²) < 4.78 is 15.8. The fraction of sp³-hybridized carbons (Fsp3) is 0.333. The van der Waals surface area contributed by atoms with E-state index in [1.54, 1.807) is 12.3 Å². The lowest BCUT2D eigenvalue weighted by molar-refractivity contribution is 0.116. The zero-order valence-electron chi connectivity index (χ0n) is 13.3. The number of halogens is 2. The standard InChI is InChI=1S/C15H19BrFN5O2/c1-21(2)8-12(23)9-22-7-11(6-18-22)19-15(24)20-14-5-10(16)3-4-13(14)17/h3-7,12,23H,8-9H2,1-2H3,(H2,19,20,24). The van der Waals surface area contributed by atoms with Gasteiger partial charge in [-0.2, -0.15) is 5.10 Å². The van der Waals surface area contributed by atoms with E-state index in [0.29, 0.717) is 23.2 Å². The van der Waals surface area contributed by atoms with E-state index in [1.165, 1.54) is 23.0 Å². The number of likely N-dealkylation sites (N-methyl/N-ethyl adjacent to an activating group) is 1. The van der Waals surface area contributed by atoms with E-state index in [1.807, 2.05) is 19.0 Å². The van der Waals surface area contributed by atoms with Gasteiger partial charge >= 0.3 is 6.03 Å². The Labute approximate surface area is 147 Å². The van der Waals surface area contributed by atoms with Crippen molar-refractivity contribution >= 4 is 33.3 Å². The molecule has 1 heterocycles. The molecule has 1 aromatic carbocycles. The van der Waals surface area contributed by atoms with Crippen molar-refractivity contribution in [2.24, 2.45) is 0 Å². The number of carbonyl (C=O) groups is 1. The topological polar surface area (TPSA) is 82.4 Å². The molecule has 24 heavy (non-hydrogen) atoms. The monoisotopic (exact) mass is 399 g/mol. The third-order valence-electron chi connectivity index (χ3n) is 3.04. The minimum absolute atomic E-state index is 0.0654. The minimum atomic E-state index is -0.583. The Morgan fingerprint density at radius 2 is 2.21 bits per heavy atom. The van der Waals surface area contributed by atoms with E-state index >= 15 is 0 Å². The molecule has 2 aromatic rings. The molecule has 0 aliphatic rings. The summed E-state index contributed by atoms with van der Waals surface area (Å²) in [5, 5.41) is 18.9. The van der Waals surface area contributed by atoms with Gasteiger partial charge in [-0.05, 0) is 32.3 Å². The molecule has 0 aliphatic heterocycles. The maximum atomic E-state index is 13.6. The SMILES string of the molecule is CN(C)CC(O)Cn1cc(NC(=O)Nc2cc(Br)ccc2F)cn1. The molecule has 1 unspecified atom stereocenters. The molecule has 0 fully saturated rings. The summed E-state index contributed by atoms with van der Waals surface area (Å²) in [5.74, 6) is -0.532. The first-order chi connectivity index (χ1) is 11.3. The predicted octanol–water partition coefficient (Wildman–Crippen LogP) is 2.35. The zero-order valence-corrected chi connectivity index (χ0v) is 14.9. The molecular weight excluding hydrogens is 381 g/mol. The Kier molecular flexibility index (Phi) is 6.29. The number of rotatable bonds is 6. The predicted molar refractivity (Wildman–Crippen MR) is 93.5 cm³/mol. The molecule has 1 atom stereocenters. The normalized spacial score (nSPS) is 12.2. The smallest absolute Gasteiger partial charge is 0.323 e. The molecule has 9 heteroatoms. The van der Waals surface area contributed by atoms with Gasteiger partial charge in [0.2, 0.25) is 0 Å². The molecule has 2 rings (SSSR count). The molecule has 1 aromatic heterocycles. The maximum absolute atomic E-state index is 13.6. The van der Waals surface area contributed by atoms with E-state index in [9.17, 15) is 14.3 Å². The number of aromatic nitrogens is 2. The molecule has 130 valence electrons. The van der Waals surface area contributed by atoms with Crippen molar-refractivity contribution in [2.75, 3.05) is 31.3 Å². The molecule has 3 N–H and O–H groups in total. The number of hydrogen-bond acceptors (Lipinski definition) is 4. The summed E-state index contributed by atoms with van der Waals surface area (Å²) in [6.45, 7) is 0.813. The van der Waals surface area contributed by atoms with Gasteiger partial charge in [-0.25, -0.2) is 9.18 Å². The van der Waals surface area contributed by atoms with Crippen LogP contribution >= 0.6 is 15.9 Å². The summed E-state index contributed by atoms with van der Waals surface area (Å²) in [6, 6.07) is 3.68. The highest BCUT2D eigenvalue weighted by Crippen LogP contribution is 2.20. The fourth-order valence-electron chi connectivity index (χ4n) is 2.10. The van der Waals surface area contributed by atoms with Crippen LogP contribution in [-0.4, -0.2) is 52.6 Å². The number of urea groups is 1. The average molecular weight is 400 g/mol. The van der Waals surface area contributed by atoms with Crippen LogP contribution in [0.25, 0.3) is 0 Å². The second-order valence-electron chi connectivity index (χ2n) is 5.57. The van der Waals surface area contributed by atoms with Gasteiger partial charge in [0.1, 0.15) is 5.82 Å². The number of benzene rings is 1. The van der Waals surface area contributed by atoms with Crippen molar-refractivity contribution in [3.05, 3.63) is 40.9 Å². The van der Waals surface area contributed by atoms with E-state index < -0.39 is 18.0 Å². The van der Waals surface area contributed by atoms with Crippen LogP contribution in [0.15, 0.2) is 35.1 Å². The lowest BCUT2D eigenvalue weighted by Gasteiger charge is -2.15. The van der Waals surface area contributed by atoms with Crippen molar-refractivity contribution in [3.63, 3.8) is 0 Å². The number of anilines is 2. The van der Waals surface area contributed by atoms with Crippen molar-refractivity contribution in [1.82, 2.24) is 14.7 Å². The second-order valence-corrected chi connectivity index (χ2v) is 6.49. The van der Waals surface area contributed by atoms with E-state index in [4.69, 9.17) is 0 Å². The maximum Gasteiger partial charge on any atom is 0.323 e.